The Labute approximate surface area is 129 Å². The molecule has 1 aromatic carbocycles. The fourth-order valence-electron chi connectivity index (χ4n) is 1.54. The molecule has 11 heteroatoms. The van der Waals surface area contributed by atoms with Crippen molar-refractivity contribution in [1.82, 2.24) is 10.2 Å². The number of rotatable bonds is 4. The van der Waals surface area contributed by atoms with Crippen molar-refractivity contribution >= 4 is 44.7 Å². The minimum atomic E-state index is -4.13. The summed E-state index contributed by atoms with van der Waals surface area (Å²) in [6.45, 7) is 1.63. The molecule has 0 radical (unpaired) electrons. The first kappa shape index (κ1) is 15.5. The second-order valence-electron chi connectivity index (χ2n) is 4.00. The van der Waals surface area contributed by atoms with Gasteiger partial charge in [0.05, 0.1) is 11.1 Å². The van der Waals surface area contributed by atoms with Crippen LogP contribution >= 0.6 is 23.2 Å². The number of halogens is 2. The maximum atomic E-state index is 12.2. The Bertz CT molecular complexity index is 818. The van der Waals surface area contributed by atoms with Crippen LogP contribution in [0.2, 0.25) is 10.0 Å². The molecule has 0 aliphatic carbocycles. The van der Waals surface area contributed by atoms with Crippen LogP contribution in [-0.4, -0.2) is 23.5 Å². The molecule has 0 atom stereocenters. The fourth-order valence-corrected chi connectivity index (χ4v) is 3.51. The Hall–Kier alpha value is -1.84. The molecule has 0 amide bonds. The Balaban J connectivity index is 2.53. The molecule has 0 bridgehead atoms. The summed E-state index contributed by atoms with van der Waals surface area (Å²) in [5.74, 6) is 0.142. The van der Waals surface area contributed by atoms with Crippen molar-refractivity contribution in [3.8, 4) is 0 Å². The molecule has 8 nitrogen and oxygen atoms in total. The number of H-pyrrole nitrogens is 1. The predicted molar refractivity (Wildman–Crippen MR) is 77.2 cm³/mol. The van der Waals surface area contributed by atoms with E-state index in [0.717, 1.165) is 12.1 Å². The number of nitro groups is 1. The molecule has 0 saturated heterocycles. The molecular formula is C10H8Cl2N4O4S. The molecule has 2 N–H and O–H groups in total. The number of hydrogen-bond donors (Lipinski definition) is 2. The van der Waals surface area contributed by atoms with Crippen molar-refractivity contribution in [1.29, 1.82) is 0 Å². The van der Waals surface area contributed by atoms with E-state index in [1.807, 2.05) is 0 Å². The summed E-state index contributed by atoms with van der Waals surface area (Å²) in [7, 11) is -4.13. The van der Waals surface area contributed by atoms with Crippen molar-refractivity contribution in [3.05, 3.63) is 44.1 Å². The third kappa shape index (κ3) is 2.94. The molecule has 0 unspecified atom stereocenters. The van der Waals surface area contributed by atoms with Gasteiger partial charge in [0, 0.05) is 5.56 Å². The fraction of sp³-hybridized carbons (Fsp3) is 0.100. The highest BCUT2D eigenvalue weighted by Crippen LogP contribution is 2.37. The lowest BCUT2D eigenvalue weighted by molar-refractivity contribution is -0.384. The number of benzene rings is 1. The van der Waals surface area contributed by atoms with Crippen molar-refractivity contribution in [2.24, 2.45) is 0 Å². The summed E-state index contributed by atoms with van der Waals surface area (Å²) in [6.07, 6.45) is 1.42. The molecule has 2 aromatic rings. The Morgan fingerprint density at radius 3 is 2.57 bits per heavy atom. The molecule has 0 aliphatic rings. The molecule has 1 heterocycles. The molecule has 21 heavy (non-hydrogen) atoms. The molecular weight excluding hydrogens is 343 g/mol. The maximum Gasteiger partial charge on any atom is 0.307 e. The van der Waals surface area contributed by atoms with Crippen LogP contribution in [0, 0.1) is 17.0 Å². The number of nitrogens with one attached hydrogen (secondary N) is 2. The van der Waals surface area contributed by atoms with Crippen LogP contribution in [0.25, 0.3) is 0 Å². The summed E-state index contributed by atoms with van der Waals surface area (Å²) in [5, 5.41) is 16.2. The quantitative estimate of drug-likeness (QED) is 0.649. The summed E-state index contributed by atoms with van der Waals surface area (Å²) in [6, 6.07) is 2.19. The highest BCUT2D eigenvalue weighted by Gasteiger charge is 2.28. The van der Waals surface area contributed by atoms with Gasteiger partial charge < -0.3 is 0 Å². The topological polar surface area (TPSA) is 118 Å². The standard InChI is InChI=1S/C10H8Cl2N4O4S/c1-5-4-13-14-10(5)15-21(19,20)7-3-2-6(11)9(8(7)12)16(17)18/h2-4H,1H3,(H2,13,14,15). The highest BCUT2D eigenvalue weighted by molar-refractivity contribution is 7.92. The van der Waals surface area contributed by atoms with Gasteiger partial charge in [-0.25, -0.2) is 8.42 Å². The number of sulfonamides is 1. The van der Waals surface area contributed by atoms with Crippen LogP contribution in [0.1, 0.15) is 5.56 Å². The average molecular weight is 351 g/mol. The number of nitro benzene ring substituents is 1. The Morgan fingerprint density at radius 2 is 2.05 bits per heavy atom. The predicted octanol–water partition coefficient (Wildman–Crippen LogP) is 2.73. The lowest BCUT2D eigenvalue weighted by Gasteiger charge is -2.09. The molecule has 112 valence electrons. The van der Waals surface area contributed by atoms with Crippen LogP contribution in [0.5, 0.6) is 0 Å². The molecule has 0 aliphatic heterocycles. The number of aromatic nitrogens is 2. The first-order chi connectivity index (χ1) is 9.74. The van der Waals surface area contributed by atoms with E-state index in [1.165, 1.54) is 6.20 Å². The van der Waals surface area contributed by atoms with Gasteiger partial charge in [0.2, 0.25) is 0 Å². The molecule has 0 spiro atoms. The van der Waals surface area contributed by atoms with Crippen LogP contribution in [0.3, 0.4) is 0 Å². The number of aromatic amines is 1. The Kier molecular flexibility index (Phi) is 4.08. The lowest BCUT2D eigenvalue weighted by atomic mass is 10.3. The van der Waals surface area contributed by atoms with E-state index >= 15 is 0 Å². The van der Waals surface area contributed by atoms with Gasteiger partial charge in [0.15, 0.2) is 0 Å². The van der Waals surface area contributed by atoms with E-state index in [-0.39, 0.29) is 10.8 Å². The van der Waals surface area contributed by atoms with Crippen LogP contribution in [0.4, 0.5) is 11.5 Å². The molecule has 0 saturated carbocycles. The summed E-state index contributed by atoms with van der Waals surface area (Å²) in [4.78, 5) is 9.61. The molecule has 1 aromatic heterocycles. The van der Waals surface area contributed by atoms with Gasteiger partial charge in [0.1, 0.15) is 20.8 Å². The third-order valence-electron chi connectivity index (χ3n) is 2.57. The van der Waals surface area contributed by atoms with Crippen molar-refractivity contribution in [2.45, 2.75) is 11.8 Å². The second kappa shape index (κ2) is 5.51. The van der Waals surface area contributed by atoms with E-state index in [2.05, 4.69) is 14.9 Å². The van der Waals surface area contributed by atoms with Crippen LogP contribution < -0.4 is 4.72 Å². The van der Waals surface area contributed by atoms with E-state index in [1.54, 1.807) is 6.92 Å². The van der Waals surface area contributed by atoms with Crippen LogP contribution in [0.15, 0.2) is 23.2 Å². The minimum Gasteiger partial charge on any atom is -0.263 e. The lowest BCUT2D eigenvalue weighted by Crippen LogP contribution is -2.15. The second-order valence-corrected chi connectivity index (χ2v) is 6.43. The normalized spacial score (nSPS) is 11.4. The smallest absolute Gasteiger partial charge is 0.263 e. The largest absolute Gasteiger partial charge is 0.307 e. The first-order valence-corrected chi connectivity index (χ1v) is 7.63. The molecule has 2 rings (SSSR count). The molecule has 0 fully saturated rings. The number of hydrogen-bond acceptors (Lipinski definition) is 5. The van der Waals surface area contributed by atoms with Gasteiger partial charge in [-0.3, -0.25) is 19.9 Å². The number of nitrogens with zero attached hydrogens (tertiary/aromatic N) is 2. The zero-order valence-corrected chi connectivity index (χ0v) is 12.8. The maximum absolute atomic E-state index is 12.2. The van der Waals surface area contributed by atoms with Gasteiger partial charge in [0.25, 0.3) is 10.0 Å². The van der Waals surface area contributed by atoms with Crippen LogP contribution in [-0.2, 0) is 10.0 Å². The summed E-state index contributed by atoms with van der Waals surface area (Å²) < 4.78 is 26.7. The van der Waals surface area contributed by atoms with Gasteiger partial charge in [-0.1, -0.05) is 23.2 Å². The van der Waals surface area contributed by atoms with Gasteiger partial charge in [-0.15, -0.1) is 0 Å². The van der Waals surface area contributed by atoms with Gasteiger partial charge in [-0.2, -0.15) is 5.10 Å². The summed E-state index contributed by atoms with van der Waals surface area (Å²) >= 11 is 11.5. The van der Waals surface area contributed by atoms with Crippen molar-refractivity contribution in [3.63, 3.8) is 0 Å². The van der Waals surface area contributed by atoms with E-state index in [0.29, 0.717) is 5.56 Å². The average Bonchev–Trinajstić information content (AvgIpc) is 2.73. The van der Waals surface area contributed by atoms with Crippen molar-refractivity contribution in [2.75, 3.05) is 4.72 Å². The van der Waals surface area contributed by atoms with E-state index in [4.69, 9.17) is 23.2 Å². The zero-order chi connectivity index (χ0) is 15.8. The van der Waals surface area contributed by atoms with Crippen molar-refractivity contribution < 1.29 is 13.3 Å². The minimum absolute atomic E-state index is 0.142. The van der Waals surface area contributed by atoms with Gasteiger partial charge in [-0.05, 0) is 19.1 Å². The summed E-state index contributed by atoms with van der Waals surface area (Å²) in [5.41, 5.74) is -0.110. The van der Waals surface area contributed by atoms with Gasteiger partial charge >= 0.3 is 5.69 Å². The third-order valence-corrected chi connectivity index (χ3v) is 4.76. The van der Waals surface area contributed by atoms with E-state index in [9.17, 15) is 18.5 Å². The first-order valence-electron chi connectivity index (χ1n) is 5.39. The highest BCUT2D eigenvalue weighted by atomic mass is 35.5. The zero-order valence-electron chi connectivity index (χ0n) is 10.4. The number of anilines is 1. The number of aryl methyl sites for hydroxylation is 1. The SMILES string of the molecule is Cc1cn[nH]c1NS(=O)(=O)c1ccc(Cl)c([N+](=O)[O-])c1Cl. The Morgan fingerprint density at radius 1 is 1.38 bits per heavy atom. The van der Waals surface area contributed by atoms with E-state index < -0.39 is 30.6 Å². The monoisotopic (exact) mass is 350 g/mol.